The number of rotatable bonds is 11. The SMILES string of the molecule is COc1cc(NC(=O)/C(N=Nc2ccc(-c3ccc(N=N/C(C(=O)Nc4ccc(C)cc4C)=C(/C)O)c(Cl)c3)cc2Cl)=C(/C)O)c(OC)cc1Cl. The highest BCUT2D eigenvalue weighted by Gasteiger charge is 2.19. The first-order valence-corrected chi connectivity index (χ1v) is 16.2. The van der Waals surface area contributed by atoms with Crippen LogP contribution in [0.3, 0.4) is 0 Å². The summed E-state index contributed by atoms with van der Waals surface area (Å²) in [7, 11) is 2.83. The second-order valence-electron chi connectivity index (χ2n) is 11.0. The van der Waals surface area contributed by atoms with E-state index in [1.807, 2.05) is 26.0 Å². The topological polar surface area (TPSA) is 167 Å². The smallest absolute Gasteiger partial charge is 0.279 e. The number of amides is 2. The van der Waals surface area contributed by atoms with E-state index in [1.54, 1.807) is 42.5 Å². The highest BCUT2D eigenvalue weighted by Crippen LogP contribution is 2.37. The molecule has 0 spiro atoms. The van der Waals surface area contributed by atoms with Crippen LogP contribution in [0.1, 0.15) is 25.0 Å². The van der Waals surface area contributed by atoms with E-state index >= 15 is 0 Å². The first-order valence-electron chi connectivity index (χ1n) is 15.1. The molecule has 264 valence electrons. The minimum absolute atomic E-state index is 0.193. The van der Waals surface area contributed by atoms with Crippen LogP contribution in [0.25, 0.3) is 11.1 Å². The molecule has 4 N–H and O–H groups in total. The van der Waals surface area contributed by atoms with Crippen molar-refractivity contribution in [2.24, 2.45) is 20.5 Å². The molecule has 0 fully saturated rings. The molecule has 0 atom stereocenters. The number of hydrogen-bond acceptors (Lipinski definition) is 10. The van der Waals surface area contributed by atoms with E-state index in [-0.39, 0.29) is 55.0 Å². The summed E-state index contributed by atoms with van der Waals surface area (Å²) >= 11 is 19.2. The van der Waals surface area contributed by atoms with Crippen molar-refractivity contribution in [1.29, 1.82) is 0 Å². The van der Waals surface area contributed by atoms with Gasteiger partial charge in [0, 0.05) is 17.8 Å². The molecule has 0 aliphatic heterocycles. The molecule has 51 heavy (non-hydrogen) atoms. The van der Waals surface area contributed by atoms with Gasteiger partial charge in [0.25, 0.3) is 11.8 Å². The van der Waals surface area contributed by atoms with Crippen LogP contribution in [0.15, 0.2) is 110 Å². The molecular weight excluding hydrogens is 719 g/mol. The van der Waals surface area contributed by atoms with Crippen molar-refractivity contribution < 1.29 is 29.3 Å². The average Bonchev–Trinajstić information content (AvgIpc) is 3.07. The number of azo groups is 2. The molecule has 4 aromatic carbocycles. The molecule has 0 bridgehead atoms. The van der Waals surface area contributed by atoms with Gasteiger partial charge in [0.1, 0.15) is 34.4 Å². The van der Waals surface area contributed by atoms with Gasteiger partial charge < -0.3 is 30.3 Å². The van der Waals surface area contributed by atoms with E-state index in [0.29, 0.717) is 22.6 Å². The Morgan fingerprint density at radius 3 is 1.55 bits per heavy atom. The largest absolute Gasteiger partial charge is 0.510 e. The van der Waals surface area contributed by atoms with Crippen molar-refractivity contribution in [3.05, 3.63) is 116 Å². The van der Waals surface area contributed by atoms with E-state index < -0.39 is 17.6 Å². The Balaban J connectivity index is 1.50. The number of aliphatic hydroxyl groups excluding tert-OH is 2. The predicted molar refractivity (Wildman–Crippen MR) is 199 cm³/mol. The van der Waals surface area contributed by atoms with Gasteiger partial charge in [0.2, 0.25) is 0 Å². The van der Waals surface area contributed by atoms with Crippen LogP contribution in [0, 0.1) is 13.8 Å². The summed E-state index contributed by atoms with van der Waals surface area (Å²) in [6, 6.07) is 18.3. The quantitative estimate of drug-likeness (QED) is 0.0676. The summed E-state index contributed by atoms with van der Waals surface area (Å²) in [5.74, 6) is -1.57. The van der Waals surface area contributed by atoms with Crippen LogP contribution in [0.4, 0.5) is 22.7 Å². The zero-order valence-corrected chi connectivity index (χ0v) is 30.6. The number of benzene rings is 4. The molecule has 0 radical (unpaired) electrons. The highest BCUT2D eigenvalue weighted by molar-refractivity contribution is 6.34. The number of aryl methyl sites for hydroxylation is 2. The van der Waals surface area contributed by atoms with E-state index in [0.717, 1.165) is 11.1 Å². The van der Waals surface area contributed by atoms with Crippen molar-refractivity contribution in [2.75, 3.05) is 24.9 Å². The third-order valence-electron chi connectivity index (χ3n) is 7.21. The van der Waals surface area contributed by atoms with Crippen molar-refractivity contribution in [3.63, 3.8) is 0 Å². The molecule has 0 aromatic heterocycles. The summed E-state index contributed by atoms with van der Waals surface area (Å²) in [4.78, 5) is 25.9. The summed E-state index contributed by atoms with van der Waals surface area (Å²) < 4.78 is 10.5. The van der Waals surface area contributed by atoms with Crippen LogP contribution >= 0.6 is 34.8 Å². The maximum Gasteiger partial charge on any atom is 0.279 e. The number of nitrogens with zero attached hydrogens (tertiary/aromatic N) is 4. The summed E-state index contributed by atoms with van der Waals surface area (Å²) in [6.45, 7) is 6.42. The Labute approximate surface area is 309 Å². The third-order valence-corrected chi connectivity index (χ3v) is 8.11. The van der Waals surface area contributed by atoms with Crippen LogP contribution in [0.5, 0.6) is 11.5 Å². The third kappa shape index (κ3) is 9.63. The first kappa shape index (κ1) is 38.4. The van der Waals surface area contributed by atoms with Gasteiger partial charge in [-0.25, -0.2) is 0 Å². The Kier molecular flexibility index (Phi) is 12.8. The minimum atomic E-state index is -0.778. The molecule has 0 saturated heterocycles. The van der Waals surface area contributed by atoms with Gasteiger partial charge in [-0.3, -0.25) is 9.59 Å². The minimum Gasteiger partial charge on any atom is -0.510 e. The molecule has 4 rings (SSSR count). The average molecular weight is 752 g/mol. The fraction of sp³-hybridized carbons (Fsp3) is 0.167. The van der Waals surface area contributed by atoms with Gasteiger partial charge in [-0.15, -0.1) is 20.5 Å². The fourth-order valence-corrected chi connectivity index (χ4v) is 5.25. The van der Waals surface area contributed by atoms with Gasteiger partial charge in [-0.05, 0) is 74.7 Å². The van der Waals surface area contributed by atoms with Crippen LogP contribution in [-0.2, 0) is 9.59 Å². The van der Waals surface area contributed by atoms with E-state index in [4.69, 9.17) is 44.3 Å². The summed E-state index contributed by atoms with van der Waals surface area (Å²) in [6.07, 6.45) is 0. The number of ether oxygens (including phenoxy) is 2. The number of hydrogen-bond donors (Lipinski definition) is 4. The molecule has 0 heterocycles. The number of anilines is 2. The van der Waals surface area contributed by atoms with Crippen molar-refractivity contribution in [2.45, 2.75) is 27.7 Å². The molecule has 0 aliphatic rings. The lowest BCUT2D eigenvalue weighted by Gasteiger charge is -2.13. The lowest BCUT2D eigenvalue weighted by molar-refractivity contribution is -0.113. The molecule has 0 unspecified atom stereocenters. The number of methoxy groups -OCH3 is 2. The van der Waals surface area contributed by atoms with Crippen molar-refractivity contribution in [3.8, 4) is 22.6 Å². The van der Waals surface area contributed by atoms with Crippen molar-refractivity contribution >= 4 is 69.4 Å². The second-order valence-corrected chi connectivity index (χ2v) is 12.2. The molecule has 4 aromatic rings. The van der Waals surface area contributed by atoms with Crippen LogP contribution in [-0.4, -0.2) is 36.2 Å². The van der Waals surface area contributed by atoms with Gasteiger partial charge in [-0.1, -0.05) is 64.6 Å². The number of allylic oxidation sites excluding steroid dienone is 2. The summed E-state index contributed by atoms with van der Waals surface area (Å²) in [5.41, 5.74) is 3.86. The number of carbonyl (C=O) groups is 2. The van der Waals surface area contributed by atoms with E-state index in [1.165, 1.54) is 40.2 Å². The number of halogens is 3. The molecule has 12 nitrogen and oxygen atoms in total. The first-order chi connectivity index (χ1) is 24.2. The monoisotopic (exact) mass is 750 g/mol. The van der Waals surface area contributed by atoms with Gasteiger partial charge in [0.05, 0.1) is 35.0 Å². The van der Waals surface area contributed by atoms with Crippen LogP contribution in [0.2, 0.25) is 15.1 Å². The normalized spacial score (nSPS) is 12.4. The van der Waals surface area contributed by atoms with Gasteiger partial charge in [0.15, 0.2) is 11.4 Å². The maximum absolute atomic E-state index is 13.1. The van der Waals surface area contributed by atoms with E-state index in [2.05, 4.69) is 31.1 Å². The second kappa shape index (κ2) is 17.0. The van der Waals surface area contributed by atoms with Gasteiger partial charge >= 0.3 is 0 Å². The molecule has 0 aliphatic carbocycles. The molecule has 2 amide bonds. The number of nitrogens with one attached hydrogen (secondary N) is 2. The Morgan fingerprint density at radius 1 is 0.627 bits per heavy atom. The predicted octanol–water partition coefficient (Wildman–Crippen LogP) is 11.0. The molecular formula is C36H33Cl3N6O6. The maximum atomic E-state index is 13.1. The Hall–Kier alpha value is -5.43. The molecule has 0 saturated carbocycles. The number of aliphatic hydroxyl groups is 2. The number of carbonyl (C=O) groups excluding carboxylic acids is 2. The lowest BCUT2D eigenvalue weighted by atomic mass is 10.1. The van der Waals surface area contributed by atoms with Crippen LogP contribution < -0.4 is 20.1 Å². The standard InChI is InChI=1S/C36H33Cl3N6O6/c1-18-7-10-27(19(2)13-18)40-35(48)33(20(3)46)44-42-28-11-8-22(14-24(28)37)23-9-12-29(25(38)15-23)43-45-34(21(4)47)36(49)41-30-17-31(50-5)26(39)16-32(30)51-6/h7-17,46-47H,1-6H3,(H,40,48)(H,41,49)/b33-20-,34-21+,44-42?,45-43?. The van der Waals surface area contributed by atoms with Gasteiger partial charge in [-0.2, -0.15) is 0 Å². The Morgan fingerprint density at radius 2 is 1.12 bits per heavy atom. The lowest BCUT2D eigenvalue weighted by Crippen LogP contribution is -2.15. The fourth-order valence-electron chi connectivity index (χ4n) is 4.58. The summed E-state index contributed by atoms with van der Waals surface area (Å²) in [5, 5.41) is 42.5. The van der Waals surface area contributed by atoms with E-state index in [9.17, 15) is 19.8 Å². The Bertz CT molecular complexity index is 2120. The zero-order chi connectivity index (χ0) is 37.4. The zero-order valence-electron chi connectivity index (χ0n) is 28.3. The highest BCUT2D eigenvalue weighted by atomic mass is 35.5. The molecule has 15 heteroatoms. The van der Waals surface area contributed by atoms with Crippen molar-refractivity contribution in [1.82, 2.24) is 0 Å².